The molecule has 3 heterocycles. The predicted octanol–water partition coefficient (Wildman–Crippen LogP) is 0.584. The lowest BCUT2D eigenvalue weighted by atomic mass is 10.2. The second kappa shape index (κ2) is 4.79. The van der Waals surface area contributed by atoms with Gasteiger partial charge in [-0.15, -0.1) is 0 Å². The molecule has 0 atom stereocenters. The molecule has 3 N–H and O–H groups in total. The molecule has 3 aromatic rings. The van der Waals surface area contributed by atoms with Crippen LogP contribution in [0.4, 0.5) is 0 Å². The van der Waals surface area contributed by atoms with Crippen LogP contribution in [0.5, 0.6) is 0 Å². The quantitative estimate of drug-likeness (QED) is 0.610. The summed E-state index contributed by atoms with van der Waals surface area (Å²) in [5.74, 6) is 0. The maximum Gasteiger partial charge on any atom is 0.271 e. The number of fused-ring (bicyclic) bond motifs is 1. The first-order valence-corrected chi connectivity index (χ1v) is 6.97. The van der Waals surface area contributed by atoms with Crippen LogP contribution in [0.25, 0.3) is 22.6 Å². The van der Waals surface area contributed by atoms with Gasteiger partial charge in [-0.2, -0.15) is 0 Å². The first-order valence-electron chi connectivity index (χ1n) is 6.97. The predicted molar refractivity (Wildman–Crippen MR) is 81.4 cm³/mol. The summed E-state index contributed by atoms with van der Waals surface area (Å²) < 4.78 is 5.38. The van der Waals surface area contributed by atoms with Gasteiger partial charge in [0.2, 0.25) is 0 Å². The summed E-state index contributed by atoms with van der Waals surface area (Å²) in [6.45, 7) is 1.30. The third-order valence-electron chi connectivity index (χ3n) is 3.84. The average molecular weight is 281 g/mol. The number of aromatic nitrogens is 3. The van der Waals surface area contributed by atoms with Gasteiger partial charge in [0, 0.05) is 11.2 Å². The van der Waals surface area contributed by atoms with Crippen molar-refractivity contribution in [2.45, 2.75) is 6.42 Å². The molecule has 5 heteroatoms. The van der Waals surface area contributed by atoms with Crippen molar-refractivity contribution >= 4 is 22.6 Å². The number of benzene rings is 1. The van der Waals surface area contributed by atoms with Gasteiger partial charge >= 0.3 is 0 Å². The van der Waals surface area contributed by atoms with Gasteiger partial charge in [0.15, 0.2) is 0 Å². The van der Waals surface area contributed by atoms with Crippen LogP contribution in [-0.2, 0) is 4.74 Å². The van der Waals surface area contributed by atoms with Crippen molar-refractivity contribution < 1.29 is 4.74 Å². The molecule has 4 rings (SSSR count). The Bertz CT molecular complexity index is 934. The van der Waals surface area contributed by atoms with Gasteiger partial charge in [-0.05, 0) is 35.6 Å². The third kappa shape index (κ3) is 2.11. The van der Waals surface area contributed by atoms with Crippen molar-refractivity contribution in [3.63, 3.8) is 0 Å². The van der Waals surface area contributed by atoms with E-state index in [0.717, 1.165) is 33.9 Å². The van der Waals surface area contributed by atoms with Gasteiger partial charge < -0.3 is 9.72 Å². The van der Waals surface area contributed by atoms with Crippen LogP contribution in [0, 0.1) is 0 Å². The summed E-state index contributed by atoms with van der Waals surface area (Å²) in [7, 11) is 0. The zero-order valence-electron chi connectivity index (χ0n) is 11.4. The molecule has 0 amide bonds. The molecule has 5 nitrogen and oxygen atoms in total. The third-order valence-corrected chi connectivity index (χ3v) is 3.84. The standard InChI is InChI=1S/C16H15N3O2/c20-16-13(15(18-19-16)11-5-6-21-9-11)8-12-7-10-3-1-2-4-14(10)17-12/h1-4,7-8,17-18H,5-6,9H2,(H,19,20). The molecule has 0 saturated carbocycles. The van der Waals surface area contributed by atoms with E-state index in [-0.39, 0.29) is 5.56 Å². The fourth-order valence-corrected chi connectivity index (χ4v) is 2.77. The molecule has 1 aliphatic heterocycles. The van der Waals surface area contributed by atoms with E-state index in [2.05, 4.69) is 15.2 Å². The molecular formula is C16H15N3O2. The summed E-state index contributed by atoms with van der Waals surface area (Å²) in [5, 5.41) is 8.28. The highest BCUT2D eigenvalue weighted by Crippen LogP contribution is 2.14. The number of H-pyrrole nitrogens is 3. The van der Waals surface area contributed by atoms with Crippen LogP contribution in [0.3, 0.4) is 0 Å². The molecule has 1 fully saturated rings. The van der Waals surface area contributed by atoms with E-state index < -0.39 is 0 Å². The van der Waals surface area contributed by atoms with Crippen LogP contribution in [0.1, 0.15) is 12.1 Å². The Kier molecular flexibility index (Phi) is 2.79. The largest absolute Gasteiger partial charge is 0.377 e. The minimum absolute atomic E-state index is 0.108. The van der Waals surface area contributed by atoms with Crippen LogP contribution < -0.4 is 16.1 Å². The van der Waals surface area contributed by atoms with Crippen LogP contribution in [0.2, 0.25) is 0 Å². The molecule has 1 aromatic carbocycles. The smallest absolute Gasteiger partial charge is 0.271 e. The fraction of sp³-hybridized carbons (Fsp3) is 0.188. The van der Waals surface area contributed by atoms with Crippen molar-refractivity contribution in [2.24, 2.45) is 0 Å². The molecule has 1 saturated heterocycles. The average Bonchev–Trinajstić information content (AvgIpc) is 3.19. The SMILES string of the molecule is O=c1[nH][nH]c(=C2CCOC2)c1=Cc1cc2ccccc2[nH]1. The number of para-hydroxylation sites is 1. The maximum absolute atomic E-state index is 12.0. The van der Waals surface area contributed by atoms with E-state index in [1.807, 2.05) is 36.4 Å². The number of nitrogens with one attached hydrogen (secondary N) is 3. The van der Waals surface area contributed by atoms with Gasteiger partial charge in [0.05, 0.1) is 23.8 Å². The number of ether oxygens (including phenoxy) is 1. The normalized spacial score (nSPS) is 18.8. The summed E-state index contributed by atoms with van der Waals surface area (Å²) in [6.07, 6.45) is 2.75. The van der Waals surface area contributed by atoms with Crippen molar-refractivity contribution in [2.75, 3.05) is 13.2 Å². The van der Waals surface area contributed by atoms with E-state index in [0.29, 0.717) is 18.4 Å². The molecule has 0 spiro atoms. The Labute approximate surface area is 119 Å². The van der Waals surface area contributed by atoms with Crippen molar-refractivity contribution in [3.05, 3.63) is 56.9 Å². The van der Waals surface area contributed by atoms with Crippen molar-refractivity contribution in [1.82, 2.24) is 15.2 Å². The van der Waals surface area contributed by atoms with E-state index in [1.165, 1.54) is 0 Å². The molecule has 21 heavy (non-hydrogen) atoms. The van der Waals surface area contributed by atoms with E-state index in [4.69, 9.17) is 4.74 Å². The first kappa shape index (κ1) is 12.2. The topological polar surface area (TPSA) is 73.7 Å². The Hall–Kier alpha value is -2.53. The molecule has 0 unspecified atom stereocenters. The van der Waals surface area contributed by atoms with Gasteiger partial charge in [-0.25, -0.2) is 0 Å². The Balaban J connectivity index is 1.95. The molecule has 106 valence electrons. The lowest BCUT2D eigenvalue weighted by Crippen LogP contribution is -2.35. The second-order valence-corrected chi connectivity index (χ2v) is 5.23. The molecule has 0 bridgehead atoms. The number of rotatable bonds is 1. The van der Waals surface area contributed by atoms with E-state index in [1.54, 1.807) is 0 Å². The van der Waals surface area contributed by atoms with Gasteiger partial charge in [-0.1, -0.05) is 18.2 Å². The summed E-state index contributed by atoms with van der Waals surface area (Å²) in [5.41, 5.74) is 3.01. The van der Waals surface area contributed by atoms with Gasteiger partial charge in [0.25, 0.3) is 5.56 Å². The summed E-state index contributed by atoms with van der Waals surface area (Å²) in [6, 6.07) is 10.1. The monoisotopic (exact) mass is 281 g/mol. The highest BCUT2D eigenvalue weighted by molar-refractivity contribution is 5.82. The van der Waals surface area contributed by atoms with E-state index >= 15 is 0 Å². The summed E-state index contributed by atoms with van der Waals surface area (Å²) in [4.78, 5) is 15.3. The zero-order chi connectivity index (χ0) is 14.2. The first-order chi connectivity index (χ1) is 10.3. The molecule has 1 aliphatic rings. The lowest BCUT2D eigenvalue weighted by Gasteiger charge is -1.89. The second-order valence-electron chi connectivity index (χ2n) is 5.23. The molecule has 0 radical (unpaired) electrons. The molecule has 0 aliphatic carbocycles. The van der Waals surface area contributed by atoms with Crippen molar-refractivity contribution in [1.29, 1.82) is 0 Å². The minimum atomic E-state index is -0.108. The van der Waals surface area contributed by atoms with Gasteiger partial charge in [-0.3, -0.25) is 15.0 Å². The Morgan fingerprint density at radius 3 is 2.90 bits per heavy atom. The van der Waals surface area contributed by atoms with Crippen LogP contribution >= 0.6 is 0 Å². The van der Waals surface area contributed by atoms with Crippen molar-refractivity contribution in [3.8, 4) is 0 Å². The fourth-order valence-electron chi connectivity index (χ4n) is 2.77. The van der Waals surface area contributed by atoms with E-state index in [9.17, 15) is 4.79 Å². The molecule has 2 aromatic heterocycles. The Morgan fingerprint density at radius 2 is 2.10 bits per heavy atom. The van der Waals surface area contributed by atoms with Crippen LogP contribution in [-0.4, -0.2) is 28.4 Å². The lowest BCUT2D eigenvalue weighted by molar-refractivity contribution is 0.207. The maximum atomic E-state index is 12.0. The number of hydrogen-bond donors (Lipinski definition) is 3. The zero-order valence-corrected chi connectivity index (χ0v) is 11.4. The summed E-state index contributed by atoms with van der Waals surface area (Å²) >= 11 is 0. The molecular weight excluding hydrogens is 266 g/mol. The number of aromatic amines is 3. The highest BCUT2D eigenvalue weighted by atomic mass is 16.5. The minimum Gasteiger partial charge on any atom is -0.377 e. The highest BCUT2D eigenvalue weighted by Gasteiger charge is 2.10. The van der Waals surface area contributed by atoms with Crippen LogP contribution in [0.15, 0.2) is 35.1 Å². The number of hydrogen-bond acceptors (Lipinski definition) is 2. The van der Waals surface area contributed by atoms with Gasteiger partial charge in [0.1, 0.15) is 0 Å². The Morgan fingerprint density at radius 1 is 1.19 bits per heavy atom.